The van der Waals surface area contributed by atoms with E-state index in [-0.39, 0.29) is 30.8 Å². The van der Waals surface area contributed by atoms with Crippen molar-refractivity contribution in [1.82, 2.24) is 9.80 Å². The topological polar surface area (TPSA) is 69.7 Å². The van der Waals surface area contributed by atoms with Gasteiger partial charge in [0.05, 0.1) is 13.1 Å². The minimum absolute atomic E-state index is 0.0269. The van der Waals surface area contributed by atoms with Crippen molar-refractivity contribution in [3.8, 4) is 0 Å². The molecule has 0 unspecified atom stereocenters. The van der Waals surface area contributed by atoms with Gasteiger partial charge in [0.15, 0.2) is 0 Å². The first-order chi connectivity index (χ1) is 11.9. The summed E-state index contributed by atoms with van der Waals surface area (Å²) in [6.07, 6.45) is 3.34. The van der Waals surface area contributed by atoms with E-state index >= 15 is 0 Å². The molecular formula is C19H27N3O3. The summed E-state index contributed by atoms with van der Waals surface area (Å²) < 4.78 is 0. The van der Waals surface area contributed by atoms with E-state index in [0.29, 0.717) is 13.0 Å². The van der Waals surface area contributed by atoms with Gasteiger partial charge in [-0.2, -0.15) is 0 Å². The largest absolute Gasteiger partial charge is 0.335 e. The summed E-state index contributed by atoms with van der Waals surface area (Å²) >= 11 is 0. The molecule has 0 aliphatic carbocycles. The standard InChI is InChI=1S/C19H27N3O3/c1-14-8-7-9-16(15(14)2)20-17(23)12-21(3)19(25)13-22-11-6-4-5-10-18(22)24/h7-9H,4-6,10-13H2,1-3H3,(H,20,23). The Morgan fingerprint density at radius 2 is 1.96 bits per heavy atom. The summed E-state index contributed by atoms with van der Waals surface area (Å²) in [5, 5.41) is 2.85. The number of benzene rings is 1. The third kappa shape index (κ3) is 5.31. The maximum Gasteiger partial charge on any atom is 0.243 e. The van der Waals surface area contributed by atoms with Gasteiger partial charge in [-0.15, -0.1) is 0 Å². The van der Waals surface area contributed by atoms with Crippen molar-refractivity contribution < 1.29 is 14.4 Å². The predicted octanol–water partition coefficient (Wildman–Crippen LogP) is 2.10. The Morgan fingerprint density at radius 3 is 2.72 bits per heavy atom. The van der Waals surface area contributed by atoms with Crippen molar-refractivity contribution >= 4 is 23.4 Å². The first kappa shape index (κ1) is 19.0. The quantitative estimate of drug-likeness (QED) is 0.888. The average Bonchev–Trinajstić information content (AvgIpc) is 2.76. The number of likely N-dealkylation sites (tertiary alicyclic amines) is 1. The number of carbonyl (C=O) groups is 3. The number of carbonyl (C=O) groups excluding carboxylic acids is 3. The molecule has 2 rings (SSSR count). The van der Waals surface area contributed by atoms with Gasteiger partial charge < -0.3 is 15.1 Å². The lowest BCUT2D eigenvalue weighted by Crippen LogP contribution is -2.43. The van der Waals surface area contributed by atoms with E-state index in [0.717, 1.165) is 36.1 Å². The predicted molar refractivity (Wildman–Crippen MR) is 97.2 cm³/mol. The highest BCUT2D eigenvalue weighted by molar-refractivity contribution is 5.95. The Morgan fingerprint density at radius 1 is 1.20 bits per heavy atom. The van der Waals surface area contributed by atoms with Crippen molar-refractivity contribution in [3.05, 3.63) is 29.3 Å². The number of nitrogens with one attached hydrogen (secondary N) is 1. The van der Waals surface area contributed by atoms with Crippen LogP contribution in [0.5, 0.6) is 0 Å². The van der Waals surface area contributed by atoms with Crippen LogP contribution >= 0.6 is 0 Å². The molecule has 6 nitrogen and oxygen atoms in total. The maximum atomic E-state index is 12.3. The molecule has 1 aromatic carbocycles. The van der Waals surface area contributed by atoms with Crippen molar-refractivity contribution in [2.45, 2.75) is 39.5 Å². The van der Waals surface area contributed by atoms with Crippen molar-refractivity contribution in [2.24, 2.45) is 0 Å². The molecule has 1 aliphatic heterocycles. The van der Waals surface area contributed by atoms with E-state index in [4.69, 9.17) is 0 Å². The average molecular weight is 345 g/mol. The first-order valence-corrected chi connectivity index (χ1v) is 8.76. The van der Waals surface area contributed by atoms with Crippen molar-refractivity contribution in [1.29, 1.82) is 0 Å². The highest BCUT2D eigenvalue weighted by Gasteiger charge is 2.22. The lowest BCUT2D eigenvalue weighted by molar-refractivity contribution is -0.140. The zero-order valence-electron chi connectivity index (χ0n) is 15.3. The number of hydrogen-bond donors (Lipinski definition) is 1. The number of amides is 3. The molecule has 0 radical (unpaired) electrons. The molecule has 25 heavy (non-hydrogen) atoms. The van der Waals surface area contributed by atoms with E-state index in [9.17, 15) is 14.4 Å². The molecule has 0 atom stereocenters. The van der Waals surface area contributed by atoms with Crippen LogP contribution in [0.3, 0.4) is 0 Å². The lowest BCUT2D eigenvalue weighted by atomic mass is 10.1. The zero-order chi connectivity index (χ0) is 18.4. The van der Waals surface area contributed by atoms with Crippen molar-refractivity contribution in [2.75, 3.05) is 32.0 Å². The summed E-state index contributed by atoms with van der Waals surface area (Å²) in [6, 6.07) is 5.72. The Balaban J connectivity index is 1.88. The molecule has 0 spiro atoms. The normalized spacial score (nSPS) is 14.8. The first-order valence-electron chi connectivity index (χ1n) is 8.76. The molecule has 3 amide bonds. The molecule has 1 saturated heterocycles. The van der Waals surface area contributed by atoms with Crippen LogP contribution in [-0.4, -0.2) is 54.2 Å². The van der Waals surface area contributed by atoms with Gasteiger partial charge in [-0.05, 0) is 43.9 Å². The molecule has 0 saturated carbocycles. The Kier molecular flexibility index (Phi) is 6.56. The second-order valence-electron chi connectivity index (χ2n) is 6.67. The maximum absolute atomic E-state index is 12.3. The second kappa shape index (κ2) is 8.65. The smallest absolute Gasteiger partial charge is 0.243 e. The summed E-state index contributed by atoms with van der Waals surface area (Å²) in [4.78, 5) is 39.5. The molecule has 136 valence electrons. The number of likely N-dealkylation sites (N-methyl/N-ethyl adjacent to an activating group) is 1. The number of rotatable bonds is 5. The van der Waals surface area contributed by atoms with Gasteiger partial charge >= 0.3 is 0 Å². The Bertz CT molecular complexity index is 657. The van der Waals surface area contributed by atoms with Crippen LogP contribution in [0.25, 0.3) is 0 Å². The number of aryl methyl sites for hydroxylation is 1. The summed E-state index contributed by atoms with van der Waals surface area (Å²) in [5.41, 5.74) is 2.87. The summed E-state index contributed by atoms with van der Waals surface area (Å²) in [7, 11) is 1.59. The summed E-state index contributed by atoms with van der Waals surface area (Å²) in [5.74, 6) is -0.433. The van der Waals surface area contributed by atoms with Crippen LogP contribution in [0.2, 0.25) is 0 Å². The molecule has 1 fully saturated rings. The fourth-order valence-corrected chi connectivity index (χ4v) is 2.87. The number of anilines is 1. The van der Waals surface area contributed by atoms with Crippen LogP contribution in [0.4, 0.5) is 5.69 Å². The van der Waals surface area contributed by atoms with E-state index in [1.165, 1.54) is 4.90 Å². The van der Waals surface area contributed by atoms with Gasteiger partial charge in [-0.25, -0.2) is 0 Å². The van der Waals surface area contributed by atoms with Gasteiger partial charge in [-0.3, -0.25) is 14.4 Å². The van der Waals surface area contributed by atoms with Crippen LogP contribution < -0.4 is 5.32 Å². The molecule has 0 aromatic heterocycles. The van der Waals surface area contributed by atoms with Gasteiger partial charge in [0.25, 0.3) is 0 Å². The van der Waals surface area contributed by atoms with E-state index < -0.39 is 0 Å². The van der Waals surface area contributed by atoms with Gasteiger partial charge in [0.1, 0.15) is 0 Å². The SMILES string of the molecule is Cc1cccc(NC(=O)CN(C)C(=O)CN2CCCCCC2=O)c1C. The second-order valence-corrected chi connectivity index (χ2v) is 6.67. The number of hydrogen-bond acceptors (Lipinski definition) is 3. The van der Waals surface area contributed by atoms with Gasteiger partial charge in [0, 0.05) is 25.7 Å². The monoisotopic (exact) mass is 345 g/mol. The molecule has 1 N–H and O–H groups in total. The minimum atomic E-state index is -0.244. The molecule has 1 aliphatic rings. The van der Waals surface area contributed by atoms with E-state index in [1.807, 2.05) is 32.0 Å². The summed E-state index contributed by atoms with van der Waals surface area (Å²) in [6.45, 7) is 4.57. The van der Waals surface area contributed by atoms with E-state index in [2.05, 4.69) is 5.32 Å². The minimum Gasteiger partial charge on any atom is -0.335 e. The van der Waals surface area contributed by atoms with Crippen LogP contribution in [0, 0.1) is 13.8 Å². The molecule has 0 bridgehead atoms. The molecule has 1 aromatic rings. The van der Waals surface area contributed by atoms with Crippen LogP contribution in [0.15, 0.2) is 18.2 Å². The number of nitrogens with zero attached hydrogens (tertiary/aromatic N) is 2. The third-order valence-electron chi connectivity index (χ3n) is 4.68. The van der Waals surface area contributed by atoms with Crippen molar-refractivity contribution in [3.63, 3.8) is 0 Å². The Hall–Kier alpha value is -2.37. The van der Waals surface area contributed by atoms with E-state index in [1.54, 1.807) is 11.9 Å². The molecule has 1 heterocycles. The van der Waals surface area contributed by atoms with Gasteiger partial charge in [-0.1, -0.05) is 18.6 Å². The third-order valence-corrected chi connectivity index (χ3v) is 4.68. The molecular weight excluding hydrogens is 318 g/mol. The zero-order valence-corrected chi connectivity index (χ0v) is 15.3. The lowest BCUT2D eigenvalue weighted by Gasteiger charge is -2.24. The highest BCUT2D eigenvalue weighted by atomic mass is 16.2. The Labute approximate surface area is 149 Å². The van der Waals surface area contributed by atoms with Crippen LogP contribution in [-0.2, 0) is 14.4 Å². The molecule has 6 heteroatoms. The fourth-order valence-electron chi connectivity index (χ4n) is 2.87. The van der Waals surface area contributed by atoms with Crippen LogP contribution in [0.1, 0.15) is 36.8 Å². The fraction of sp³-hybridized carbons (Fsp3) is 0.526. The highest BCUT2D eigenvalue weighted by Crippen LogP contribution is 2.17. The van der Waals surface area contributed by atoms with Gasteiger partial charge in [0.2, 0.25) is 17.7 Å².